The maximum atomic E-state index is 13.8. The molecule has 0 spiro atoms. The molecule has 212 valence electrons. The number of nitrogens with zero attached hydrogens (tertiary/aromatic N) is 1. The molecule has 1 unspecified atom stereocenters. The lowest BCUT2D eigenvalue weighted by atomic mass is 9.84. The molecule has 1 aliphatic heterocycles. The van der Waals surface area contributed by atoms with Crippen LogP contribution in [-0.4, -0.2) is 48.2 Å². The van der Waals surface area contributed by atoms with E-state index in [2.05, 4.69) is 41.3 Å². The van der Waals surface area contributed by atoms with Crippen LogP contribution in [0.4, 0.5) is 0 Å². The van der Waals surface area contributed by atoms with E-state index in [-0.39, 0.29) is 23.6 Å². The summed E-state index contributed by atoms with van der Waals surface area (Å²) in [5, 5.41) is 0. The number of aryl methyl sites for hydroxylation is 2. The van der Waals surface area contributed by atoms with E-state index < -0.39 is 5.60 Å². The van der Waals surface area contributed by atoms with E-state index in [4.69, 9.17) is 9.47 Å². The van der Waals surface area contributed by atoms with Crippen LogP contribution in [-0.2, 0) is 22.5 Å². The lowest BCUT2D eigenvalue weighted by Gasteiger charge is -2.27. The van der Waals surface area contributed by atoms with E-state index in [0.717, 1.165) is 47.6 Å². The standard InChI is InChI=1S/C34H41NO4S/c1-7-38-33(37)34(4,5)39-32-23(2)17-26(18-24(32)3)19-28-21-35(20-25-11-9-8-10-12-25)22-30(28)31(36)27-13-15-29(40-6)16-14-27/h8-18,28,30H,7,19-22H2,1-6H3/t28-,30?/m0/s1. The fourth-order valence-corrected chi connectivity index (χ4v) is 6.04. The SMILES string of the molecule is CCOC(=O)C(C)(C)Oc1c(C)cc(C[C@H]2CN(Cc3ccccc3)CC2C(=O)c2ccc(SC)cc2)cc1C. The summed E-state index contributed by atoms with van der Waals surface area (Å²) in [5.74, 6) is 0.661. The Balaban J connectivity index is 1.56. The third-order valence-corrected chi connectivity index (χ3v) is 8.36. The highest BCUT2D eigenvalue weighted by atomic mass is 32.2. The molecule has 6 heteroatoms. The van der Waals surface area contributed by atoms with Crippen molar-refractivity contribution in [2.24, 2.45) is 11.8 Å². The van der Waals surface area contributed by atoms with Crippen molar-refractivity contribution in [3.63, 3.8) is 0 Å². The molecule has 2 atom stereocenters. The summed E-state index contributed by atoms with van der Waals surface area (Å²) in [6.07, 6.45) is 2.84. The van der Waals surface area contributed by atoms with E-state index in [1.807, 2.05) is 50.4 Å². The molecular formula is C34H41NO4S. The first-order chi connectivity index (χ1) is 19.1. The molecule has 40 heavy (non-hydrogen) atoms. The van der Waals surface area contributed by atoms with Crippen molar-refractivity contribution in [2.45, 2.75) is 58.1 Å². The number of benzene rings is 3. The predicted molar refractivity (Wildman–Crippen MR) is 162 cm³/mol. The maximum Gasteiger partial charge on any atom is 0.349 e. The molecule has 1 aliphatic rings. The Hall–Kier alpha value is -3.09. The molecule has 0 N–H and O–H groups in total. The summed E-state index contributed by atoms with van der Waals surface area (Å²) >= 11 is 1.68. The van der Waals surface area contributed by atoms with E-state index >= 15 is 0 Å². The van der Waals surface area contributed by atoms with Gasteiger partial charge in [0.2, 0.25) is 0 Å². The summed E-state index contributed by atoms with van der Waals surface area (Å²) in [5.41, 5.74) is 4.09. The minimum atomic E-state index is -1.08. The van der Waals surface area contributed by atoms with Crippen LogP contribution >= 0.6 is 11.8 Å². The predicted octanol–water partition coefficient (Wildman–Crippen LogP) is 6.92. The molecule has 3 aromatic carbocycles. The van der Waals surface area contributed by atoms with Crippen molar-refractivity contribution in [2.75, 3.05) is 26.0 Å². The second-order valence-corrected chi connectivity index (χ2v) is 12.1. The molecular weight excluding hydrogens is 518 g/mol. The molecule has 4 rings (SSSR count). The summed E-state index contributed by atoms with van der Waals surface area (Å²) in [7, 11) is 0. The Bertz CT molecular complexity index is 1300. The number of carbonyl (C=O) groups excluding carboxylic acids is 2. The highest BCUT2D eigenvalue weighted by Gasteiger charge is 2.38. The summed E-state index contributed by atoms with van der Waals surface area (Å²) in [6.45, 7) is 12.0. The van der Waals surface area contributed by atoms with Crippen molar-refractivity contribution < 1.29 is 19.1 Å². The van der Waals surface area contributed by atoms with Crippen LogP contribution in [0.1, 0.15) is 53.4 Å². The van der Waals surface area contributed by atoms with Crippen LogP contribution in [0.25, 0.3) is 0 Å². The summed E-state index contributed by atoms with van der Waals surface area (Å²) in [4.78, 5) is 29.8. The zero-order valence-corrected chi connectivity index (χ0v) is 25.3. The number of carbonyl (C=O) groups is 2. The van der Waals surface area contributed by atoms with E-state index in [9.17, 15) is 9.59 Å². The fraction of sp³-hybridized carbons (Fsp3) is 0.412. The van der Waals surface area contributed by atoms with Gasteiger partial charge in [-0.15, -0.1) is 11.8 Å². The Kier molecular flexibility index (Phi) is 9.75. The van der Waals surface area contributed by atoms with Gasteiger partial charge in [0.1, 0.15) is 5.75 Å². The molecule has 0 aromatic heterocycles. The van der Waals surface area contributed by atoms with Gasteiger partial charge in [0.05, 0.1) is 6.61 Å². The molecule has 0 amide bonds. The van der Waals surface area contributed by atoms with Crippen molar-refractivity contribution in [3.8, 4) is 5.75 Å². The van der Waals surface area contributed by atoms with Crippen molar-refractivity contribution in [1.29, 1.82) is 0 Å². The van der Waals surface area contributed by atoms with Crippen LogP contribution in [0.2, 0.25) is 0 Å². The number of ether oxygens (including phenoxy) is 2. The van der Waals surface area contributed by atoms with Crippen molar-refractivity contribution >= 4 is 23.5 Å². The lowest BCUT2D eigenvalue weighted by Crippen LogP contribution is -2.40. The van der Waals surface area contributed by atoms with Gasteiger partial charge in [0.15, 0.2) is 11.4 Å². The van der Waals surface area contributed by atoms with Gasteiger partial charge in [0.25, 0.3) is 0 Å². The Labute approximate surface area is 243 Å². The van der Waals surface area contributed by atoms with Crippen molar-refractivity contribution in [1.82, 2.24) is 4.90 Å². The Morgan fingerprint density at radius 2 is 1.60 bits per heavy atom. The minimum Gasteiger partial charge on any atom is -0.476 e. The normalized spacial score (nSPS) is 17.6. The van der Waals surface area contributed by atoms with Gasteiger partial charge >= 0.3 is 5.97 Å². The highest BCUT2D eigenvalue weighted by molar-refractivity contribution is 7.98. The second-order valence-electron chi connectivity index (χ2n) is 11.2. The molecule has 1 heterocycles. The summed E-state index contributed by atoms with van der Waals surface area (Å²) < 4.78 is 11.4. The number of ketones is 1. The van der Waals surface area contributed by atoms with Gasteiger partial charge in [0, 0.05) is 36.0 Å². The molecule has 3 aromatic rings. The van der Waals surface area contributed by atoms with E-state index in [1.54, 1.807) is 32.5 Å². The molecule has 0 bridgehead atoms. The monoisotopic (exact) mass is 559 g/mol. The smallest absolute Gasteiger partial charge is 0.349 e. The maximum absolute atomic E-state index is 13.8. The number of esters is 1. The number of hydrogen-bond acceptors (Lipinski definition) is 6. The number of likely N-dealkylation sites (tertiary alicyclic amines) is 1. The lowest BCUT2D eigenvalue weighted by molar-refractivity contribution is -0.158. The Morgan fingerprint density at radius 1 is 0.950 bits per heavy atom. The molecule has 0 aliphatic carbocycles. The topological polar surface area (TPSA) is 55.8 Å². The second kappa shape index (κ2) is 13.0. The van der Waals surface area contributed by atoms with Gasteiger partial charge < -0.3 is 9.47 Å². The van der Waals surface area contributed by atoms with Gasteiger partial charge in [-0.1, -0.05) is 54.6 Å². The molecule has 0 saturated carbocycles. The average Bonchev–Trinajstić information content (AvgIpc) is 3.32. The van der Waals surface area contributed by atoms with Crippen molar-refractivity contribution in [3.05, 3.63) is 94.5 Å². The van der Waals surface area contributed by atoms with E-state index in [1.165, 1.54) is 11.1 Å². The van der Waals surface area contributed by atoms with Crippen LogP contribution < -0.4 is 4.74 Å². The molecule has 1 saturated heterocycles. The number of hydrogen-bond donors (Lipinski definition) is 0. The zero-order chi connectivity index (χ0) is 28.9. The zero-order valence-electron chi connectivity index (χ0n) is 24.5. The van der Waals surface area contributed by atoms with E-state index in [0.29, 0.717) is 12.4 Å². The van der Waals surface area contributed by atoms with Gasteiger partial charge in [-0.2, -0.15) is 0 Å². The average molecular weight is 560 g/mol. The largest absolute Gasteiger partial charge is 0.476 e. The number of Topliss-reactive ketones (excluding diaryl/α,β-unsaturated/α-hetero) is 1. The molecule has 0 radical (unpaired) electrons. The van der Waals surface area contributed by atoms with Crippen LogP contribution in [0.5, 0.6) is 5.75 Å². The van der Waals surface area contributed by atoms with Gasteiger partial charge in [-0.3, -0.25) is 9.69 Å². The van der Waals surface area contributed by atoms with Crippen LogP contribution in [0.15, 0.2) is 71.6 Å². The number of thioether (sulfide) groups is 1. The quantitative estimate of drug-likeness (QED) is 0.144. The van der Waals surface area contributed by atoms with Gasteiger partial charge in [-0.25, -0.2) is 4.79 Å². The first-order valence-electron chi connectivity index (χ1n) is 14.0. The molecule has 5 nitrogen and oxygen atoms in total. The summed E-state index contributed by atoms with van der Waals surface area (Å²) in [6, 6.07) is 22.7. The molecule has 1 fully saturated rings. The minimum absolute atomic E-state index is 0.0804. The van der Waals surface area contributed by atoms with Crippen LogP contribution in [0, 0.1) is 25.7 Å². The first kappa shape index (κ1) is 29.9. The number of rotatable bonds is 11. The van der Waals surface area contributed by atoms with Crippen LogP contribution in [0.3, 0.4) is 0 Å². The highest BCUT2D eigenvalue weighted by Crippen LogP contribution is 2.34. The third kappa shape index (κ3) is 7.15. The first-order valence-corrected chi connectivity index (χ1v) is 15.2. The Morgan fingerprint density at radius 3 is 2.20 bits per heavy atom. The third-order valence-electron chi connectivity index (χ3n) is 7.62. The van der Waals surface area contributed by atoms with Gasteiger partial charge in [-0.05, 0) is 87.6 Å². The fourth-order valence-electron chi connectivity index (χ4n) is 5.63.